The van der Waals surface area contributed by atoms with E-state index in [1.807, 2.05) is 49.4 Å². The Morgan fingerprint density at radius 1 is 1.14 bits per heavy atom. The molecule has 0 saturated carbocycles. The lowest BCUT2D eigenvalue weighted by molar-refractivity contribution is -0.154. The minimum Gasteiger partial charge on any atom is -0.452 e. The highest BCUT2D eigenvalue weighted by Crippen LogP contribution is 2.19. The molecule has 0 aliphatic heterocycles. The molecule has 2 aromatic rings. The summed E-state index contributed by atoms with van der Waals surface area (Å²) in [6.07, 6.45) is -0.613. The van der Waals surface area contributed by atoms with E-state index >= 15 is 0 Å². The second-order valence-electron chi connectivity index (χ2n) is 4.84. The fraction of sp³-hybridized carbons (Fsp3) is 0.294. The van der Waals surface area contributed by atoms with E-state index in [1.165, 1.54) is 0 Å². The maximum Gasteiger partial charge on any atom is 0.311 e. The molecular weight excluding hydrogens is 266 g/mol. The number of nitrogens with one attached hydrogen (secondary N) is 1. The molecule has 1 atom stereocenters. The monoisotopic (exact) mass is 285 g/mol. The zero-order valence-electron chi connectivity index (χ0n) is 12.3. The average Bonchev–Trinajstić information content (AvgIpc) is 2.47. The van der Waals surface area contributed by atoms with E-state index in [9.17, 15) is 9.59 Å². The second-order valence-corrected chi connectivity index (χ2v) is 4.84. The van der Waals surface area contributed by atoms with Gasteiger partial charge in [0.05, 0.1) is 6.42 Å². The van der Waals surface area contributed by atoms with E-state index in [-0.39, 0.29) is 12.3 Å². The average molecular weight is 285 g/mol. The quantitative estimate of drug-likeness (QED) is 0.859. The Morgan fingerprint density at radius 3 is 2.62 bits per heavy atom. The fourth-order valence-corrected chi connectivity index (χ4v) is 2.21. The molecule has 0 aliphatic rings. The van der Waals surface area contributed by atoms with Crippen molar-refractivity contribution in [3.05, 3.63) is 48.0 Å². The summed E-state index contributed by atoms with van der Waals surface area (Å²) in [6.45, 7) is 3.92. The van der Waals surface area contributed by atoms with Crippen molar-refractivity contribution in [2.24, 2.45) is 0 Å². The van der Waals surface area contributed by atoms with Crippen LogP contribution in [0.1, 0.15) is 19.4 Å². The molecule has 21 heavy (non-hydrogen) atoms. The Hall–Kier alpha value is -2.36. The van der Waals surface area contributed by atoms with Gasteiger partial charge < -0.3 is 10.1 Å². The van der Waals surface area contributed by atoms with Gasteiger partial charge in [-0.1, -0.05) is 42.5 Å². The van der Waals surface area contributed by atoms with Crippen molar-refractivity contribution >= 4 is 22.6 Å². The number of esters is 1. The van der Waals surface area contributed by atoms with Gasteiger partial charge in [-0.2, -0.15) is 0 Å². The molecule has 0 radical (unpaired) electrons. The van der Waals surface area contributed by atoms with Crippen molar-refractivity contribution in [3.8, 4) is 0 Å². The number of fused-ring (bicyclic) bond motifs is 1. The first kappa shape index (κ1) is 15.0. The van der Waals surface area contributed by atoms with E-state index < -0.39 is 12.1 Å². The van der Waals surface area contributed by atoms with E-state index in [0.717, 1.165) is 16.3 Å². The van der Waals surface area contributed by atoms with Crippen LogP contribution in [-0.4, -0.2) is 24.5 Å². The van der Waals surface area contributed by atoms with Gasteiger partial charge in [0, 0.05) is 6.54 Å². The highest BCUT2D eigenvalue weighted by Gasteiger charge is 2.17. The maximum atomic E-state index is 12.0. The summed E-state index contributed by atoms with van der Waals surface area (Å²) in [5.74, 6) is -0.672. The number of amides is 1. The molecule has 0 aliphatic carbocycles. The molecule has 2 aromatic carbocycles. The standard InChI is InChI=1S/C17H19NO3/c1-3-18-17(20)12(2)21-16(19)11-14-9-6-8-13-7-4-5-10-15(13)14/h4-10,12H,3,11H2,1-2H3,(H,18,20)/t12-/m1/s1. The molecule has 1 amide bonds. The summed E-state index contributed by atoms with van der Waals surface area (Å²) < 4.78 is 5.17. The van der Waals surface area contributed by atoms with Crippen LogP contribution in [0.25, 0.3) is 10.8 Å². The first-order valence-corrected chi connectivity index (χ1v) is 7.05. The summed E-state index contributed by atoms with van der Waals surface area (Å²) in [4.78, 5) is 23.5. The number of ether oxygens (including phenoxy) is 1. The number of rotatable bonds is 5. The molecule has 0 bridgehead atoms. The summed E-state index contributed by atoms with van der Waals surface area (Å²) >= 11 is 0. The van der Waals surface area contributed by atoms with Crippen molar-refractivity contribution in [2.45, 2.75) is 26.4 Å². The van der Waals surface area contributed by atoms with Crippen LogP contribution in [0.2, 0.25) is 0 Å². The zero-order chi connectivity index (χ0) is 15.2. The Balaban J connectivity index is 2.06. The number of hydrogen-bond acceptors (Lipinski definition) is 3. The van der Waals surface area contributed by atoms with Gasteiger partial charge in [-0.15, -0.1) is 0 Å². The summed E-state index contributed by atoms with van der Waals surface area (Å²) in [5, 5.41) is 4.74. The van der Waals surface area contributed by atoms with Crippen LogP contribution in [0, 0.1) is 0 Å². The first-order valence-electron chi connectivity index (χ1n) is 7.05. The third kappa shape index (κ3) is 3.81. The highest BCUT2D eigenvalue weighted by molar-refractivity contribution is 5.90. The third-order valence-corrected chi connectivity index (χ3v) is 3.24. The zero-order valence-corrected chi connectivity index (χ0v) is 12.3. The lowest BCUT2D eigenvalue weighted by Gasteiger charge is -2.13. The minimum atomic E-state index is -0.771. The van der Waals surface area contributed by atoms with Crippen LogP contribution in [0.3, 0.4) is 0 Å². The molecule has 2 rings (SSSR count). The molecule has 110 valence electrons. The van der Waals surface area contributed by atoms with Gasteiger partial charge in [0.1, 0.15) is 0 Å². The Morgan fingerprint density at radius 2 is 1.86 bits per heavy atom. The van der Waals surface area contributed by atoms with Crippen molar-refractivity contribution < 1.29 is 14.3 Å². The Labute approximate surface area is 124 Å². The number of carbonyl (C=O) groups is 2. The highest BCUT2D eigenvalue weighted by atomic mass is 16.5. The molecule has 0 unspecified atom stereocenters. The number of likely N-dealkylation sites (N-methyl/N-ethyl adjacent to an activating group) is 1. The molecule has 0 fully saturated rings. The molecule has 0 spiro atoms. The van der Waals surface area contributed by atoms with E-state index in [0.29, 0.717) is 6.54 Å². The summed E-state index contributed by atoms with van der Waals surface area (Å²) in [5.41, 5.74) is 0.904. The predicted octanol–water partition coefficient (Wildman–Crippen LogP) is 2.45. The number of benzene rings is 2. The topological polar surface area (TPSA) is 55.4 Å². The van der Waals surface area contributed by atoms with Crippen LogP contribution < -0.4 is 5.32 Å². The van der Waals surface area contributed by atoms with E-state index in [1.54, 1.807) is 6.92 Å². The molecule has 0 heterocycles. The predicted molar refractivity (Wildman–Crippen MR) is 81.9 cm³/mol. The van der Waals surface area contributed by atoms with Crippen LogP contribution in [0.15, 0.2) is 42.5 Å². The molecule has 4 heteroatoms. The van der Waals surface area contributed by atoms with Crippen molar-refractivity contribution in [3.63, 3.8) is 0 Å². The van der Waals surface area contributed by atoms with E-state index in [2.05, 4.69) is 5.32 Å². The van der Waals surface area contributed by atoms with Gasteiger partial charge in [0.25, 0.3) is 5.91 Å². The molecule has 0 saturated heterocycles. The van der Waals surface area contributed by atoms with Crippen LogP contribution in [0.4, 0.5) is 0 Å². The Bertz CT molecular complexity index is 646. The molecule has 0 aromatic heterocycles. The van der Waals surface area contributed by atoms with Crippen molar-refractivity contribution in [1.29, 1.82) is 0 Å². The minimum absolute atomic E-state index is 0.158. The second kappa shape index (κ2) is 6.88. The lowest BCUT2D eigenvalue weighted by Crippen LogP contribution is -2.35. The first-order chi connectivity index (χ1) is 10.1. The smallest absolute Gasteiger partial charge is 0.311 e. The normalized spacial score (nSPS) is 11.9. The number of hydrogen-bond donors (Lipinski definition) is 1. The van der Waals surface area contributed by atoms with Crippen LogP contribution in [-0.2, 0) is 20.7 Å². The fourth-order valence-electron chi connectivity index (χ4n) is 2.21. The summed E-state index contributed by atoms with van der Waals surface area (Å²) in [6, 6.07) is 13.7. The van der Waals surface area contributed by atoms with Crippen LogP contribution >= 0.6 is 0 Å². The molecular formula is C17H19NO3. The van der Waals surface area contributed by atoms with Gasteiger partial charge in [-0.25, -0.2) is 0 Å². The SMILES string of the molecule is CCNC(=O)[C@@H](C)OC(=O)Cc1cccc2ccccc12. The summed E-state index contributed by atoms with van der Waals surface area (Å²) in [7, 11) is 0. The van der Waals surface area contributed by atoms with Crippen LogP contribution in [0.5, 0.6) is 0 Å². The van der Waals surface area contributed by atoms with Gasteiger partial charge >= 0.3 is 5.97 Å². The molecule has 4 nitrogen and oxygen atoms in total. The van der Waals surface area contributed by atoms with Gasteiger partial charge in [0.2, 0.25) is 0 Å². The van der Waals surface area contributed by atoms with Crippen molar-refractivity contribution in [2.75, 3.05) is 6.54 Å². The maximum absolute atomic E-state index is 12.0. The van der Waals surface area contributed by atoms with Crippen molar-refractivity contribution in [1.82, 2.24) is 5.32 Å². The lowest BCUT2D eigenvalue weighted by atomic mass is 10.0. The largest absolute Gasteiger partial charge is 0.452 e. The Kier molecular flexibility index (Phi) is 4.93. The number of carbonyl (C=O) groups excluding carboxylic acids is 2. The van der Waals surface area contributed by atoms with Gasteiger partial charge in [-0.05, 0) is 30.2 Å². The third-order valence-electron chi connectivity index (χ3n) is 3.24. The van der Waals surface area contributed by atoms with E-state index in [4.69, 9.17) is 4.74 Å². The van der Waals surface area contributed by atoms with Gasteiger partial charge in [0.15, 0.2) is 6.10 Å². The van der Waals surface area contributed by atoms with Gasteiger partial charge in [-0.3, -0.25) is 9.59 Å². The molecule has 1 N–H and O–H groups in total.